The van der Waals surface area contributed by atoms with Gasteiger partial charge in [0.15, 0.2) is 0 Å². The number of halogens is 13. The van der Waals surface area contributed by atoms with E-state index in [2.05, 4.69) is 16.3 Å². The van der Waals surface area contributed by atoms with Crippen molar-refractivity contribution in [2.45, 2.75) is 42.6 Å². The second-order valence-corrected chi connectivity index (χ2v) is 4.11. The average Bonchev–Trinajstić information content (AvgIpc) is 2.35. The molecule has 2 atom stereocenters. The average molecular weight is 395 g/mol. The molecule has 0 radical (unpaired) electrons. The quantitative estimate of drug-likeness (QED) is 0.458. The molecule has 0 aliphatic carbocycles. The Bertz CT molecular complexity index is 439. The van der Waals surface area contributed by atoms with Crippen molar-refractivity contribution in [3.8, 4) is 0 Å². The standard InChI is InChI=1S/C8H3ClF12O2/c9-4(22)23-3(13)6(16,17)8(20,21)7(18,19)5(14,15)1(10)2(11)12/h1-3H. The predicted molar refractivity (Wildman–Crippen MR) is 47.9 cm³/mol. The van der Waals surface area contributed by atoms with Gasteiger partial charge in [0.25, 0.3) is 6.43 Å². The molecule has 0 fully saturated rings. The maximum absolute atomic E-state index is 12.9. The van der Waals surface area contributed by atoms with Crippen LogP contribution in [0.5, 0.6) is 0 Å². The van der Waals surface area contributed by atoms with E-state index < -0.39 is 48.1 Å². The first-order valence-corrected chi connectivity index (χ1v) is 5.26. The molecule has 0 bridgehead atoms. The molecule has 0 aliphatic heterocycles. The fourth-order valence-corrected chi connectivity index (χ4v) is 1.13. The van der Waals surface area contributed by atoms with Crippen molar-refractivity contribution in [2.75, 3.05) is 0 Å². The summed E-state index contributed by atoms with van der Waals surface area (Å²) >= 11 is 4.15. The Morgan fingerprint density at radius 1 is 0.783 bits per heavy atom. The lowest BCUT2D eigenvalue weighted by molar-refractivity contribution is -0.398. The molecule has 2 unspecified atom stereocenters. The van der Waals surface area contributed by atoms with Crippen LogP contribution in [0, 0.1) is 0 Å². The molecule has 0 rings (SSSR count). The molecule has 0 spiro atoms. The molecule has 0 amide bonds. The second-order valence-electron chi connectivity index (χ2n) is 3.80. The van der Waals surface area contributed by atoms with Crippen molar-refractivity contribution in [1.82, 2.24) is 0 Å². The number of carbonyl (C=O) groups is 1. The lowest BCUT2D eigenvalue weighted by atomic mass is 9.95. The number of hydrogen-bond donors (Lipinski definition) is 0. The molecule has 138 valence electrons. The summed E-state index contributed by atoms with van der Waals surface area (Å²) < 4.78 is 154. The van der Waals surface area contributed by atoms with E-state index in [1.165, 1.54) is 0 Å². The van der Waals surface area contributed by atoms with E-state index in [0.29, 0.717) is 0 Å². The Morgan fingerprint density at radius 3 is 1.43 bits per heavy atom. The molecular formula is C8H3ClF12O2. The maximum Gasteiger partial charge on any atom is 0.406 e. The maximum atomic E-state index is 12.9. The smallest absolute Gasteiger partial charge is 0.406 e. The van der Waals surface area contributed by atoms with Crippen molar-refractivity contribution in [3.05, 3.63) is 0 Å². The first kappa shape index (κ1) is 21.9. The minimum atomic E-state index is -7.50. The van der Waals surface area contributed by atoms with Gasteiger partial charge in [-0.3, -0.25) is 0 Å². The summed E-state index contributed by atoms with van der Waals surface area (Å²) in [5.74, 6) is -28.8. The summed E-state index contributed by atoms with van der Waals surface area (Å²) in [5.41, 5.74) is -2.54. The van der Waals surface area contributed by atoms with Crippen molar-refractivity contribution in [2.24, 2.45) is 0 Å². The highest BCUT2D eigenvalue weighted by molar-refractivity contribution is 6.61. The summed E-state index contributed by atoms with van der Waals surface area (Å²) in [6.45, 7) is 0. The molecule has 0 heterocycles. The zero-order chi connectivity index (χ0) is 19.0. The van der Waals surface area contributed by atoms with E-state index in [0.717, 1.165) is 0 Å². The highest BCUT2D eigenvalue weighted by Gasteiger charge is 2.85. The number of carbonyl (C=O) groups excluding carboxylic acids is 1. The van der Waals surface area contributed by atoms with Gasteiger partial charge in [0, 0.05) is 11.6 Å². The minimum absolute atomic E-state index is 2.54. The zero-order valence-corrected chi connectivity index (χ0v) is 10.7. The SMILES string of the molecule is O=C(Cl)OC(F)C(F)(F)C(F)(F)C(F)(F)C(F)(F)C(F)C(F)F. The first-order chi connectivity index (χ1) is 9.94. The van der Waals surface area contributed by atoms with Crippen LogP contribution in [0.1, 0.15) is 0 Å². The van der Waals surface area contributed by atoms with Crippen molar-refractivity contribution >= 4 is 17.0 Å². The molecular weight excluding hydrogens is 392 g/mol. The molecule has 0 saturated carbocycles. The zero-order valence-electron chi connectivity index (χ0n) is 9.96. The third-order valence-electron chi connectivity index (χ3n) is 2.28. The van der Waals surface area contributed by atoms with Gasteiger partial charge in [0.1, 0.15) is 0 Å². The Morgan fingerprint density at radius 2 is 1.13 bits per heavy atom. The molecule has 0 aromatic carbocycles. The fourth-order valence-electron chi connectivity index (χ4n) is 1.05. The second kappa shape index (κ2) is 6.43. The minimum Gasteiger partial charge on any atom is -0.412 e. The Kier molecular flexibility index (Phi) is 6.13. The fraction of sp³-hybridized carbons (Fsp3) is 0.875. The van der Waals surface area contributed by atoms with Gasteiger partial charge >= 0.3 is 35.5 Å². The summed E-state index contributed by atoms with van der Waals surface area (Å²) in [4.78, 5) is 9.90. The highest BCUT2D eigenvalue weighted by atomic mass is 35.5. The molecule has 0 N–H and O–H groups in total. The molecule has 0 aliphatic rings. The topological polar surface area (TPSA) is 26.3 Å². The lowest BCUT2D eigenvalue weighted by Crippen LogP contribution is -2.67. The summed E-state index contributed by atoms with van der Waals surface area (Å²) in [6, 6.07) is 0. The number of hydrogen-bond acceptors (Lipinski definition) is 2. The number of alkyl halides is 12. The van der Waals surface area contributed by atoms with Gasteiger partial charge in [-0.05, 0) is 0 Å². The van der Waals surface area contributed by atoms with Gasteiger partial charge in [-0.2, -0.15) is 39.5 Å². The molecule has 0 aromatic rings. The molecule has 23 heavy (non-hydrogen) atoms. The van der Waals surface area contributed by atoms with E-state index in [1.54, 1.807) is 0 Å². The van der Waals surface area contributed by atoms with E-state index >= 15 is 0 Å². The van der Waals surface area contributed by atoms with Crippen LogP contribution in [-0.4, -0.2) is 48.1 Å². The molecule has 0 saturated heterocycles. The Hall–Kier alpha value is -1.08. The molecule has 2 nitrogen and oxygen atoms in total. The largest absolute Gasteiger partial charge is 0.412 e. The Labute approximate surface area is 123 Å². The summed E-state index contributed by atoms with van der Waals surface area (Å²) in [7, 11) is 0. The van der Waals surface area contributed by atoms with Crippen molar-refractivity contribution in [3.63, 3.8) is 0 Å². The highest BCUT2D eigenvalue weighted by Crippen LogP contribution is 2.56. The molecule has 0 aromatic heterocycles. The van der Waals surface area contributed by atoms with Gasteiger partial charge in [0.2, 0.25) is 6.17 Å². The van der Waals surface area contributed by atoms with E-state index in [9.17, 15) is 57.5 Å². The van der Waals surface area contributed by atoms with Crippen molar-refractivity contribution in [1.29, 1.82) is 0 Å². The van der Waals surface area contributed by atoms with Gasteiger partial charge in [0.05, 0.1) is 0 Å². The van der Waals surface area contributed by atoms with Gasteiger partial charge in [-0.15, -0.1) is 0 Å². The van der Waals surface area contributed by atoms with E-state index in [4.69, 9.17) is 0 Å². The monoisotopic (exact) mass is 394 g/mol. The van der Waals surface area contributed by atoms with Crippen LogP contribution < -0.4 is 0 Å². The van der Waals surface area contributed by atoms with Gasteiger partial charge in [-0.1, -0.05) is 0 Å². The lowest BCUT2D eigenvalue weighted by Gasteiger charge is -2.37. The Balaban J connectivity index is 5.90. The number of rotatable bonds is 7. The molecule has 15 heteroatoms. The normalized spacial score (nSPS) is 17.1. The van der Waals surface area contributed by atoms with Crippen LogP contribution in [0.3, 0.4) is 0 Å². The van der Waals surface area contributed by atoms with Crippen LogP contribution in [0.25, 0.3) is 0 Å². The van der Waals surface area contributed by atoms with Gasteiger partial charge < -0.3 is 4.74 Å². The van der Waals surface area contributed by atoms with Gasteiger partial charge in [-0.25, -0.2) is 18.0 Å². The van der Waals surface area contributed by atoms with Crippen LogP contribution in [0.2, 0.25) is 0 Å². The summed E-state index contributed by atoms with van der Waals surface area (Å²) in [6.07, 6.45) is -15.2. The third kappa shape index (κ3) is 3.55. The predicted octanol–water partition coefficient (Wildman–Crippen LogP) is 4.80. The van der Waals surface area contributed by atoms with Crippen LogP contribution in [-0.2, 0) is 4.74 Å². The summed E-state index contributed by atoms with van der Waals surface area (Å²) in [5, 5.41) is 0. The van der Waals surface area contributed by atoms with Crippen LogP contribution >= 0.6 is 11.6 Å². The van der Waals surface area contributed by atoms with E-state index in [-0.39, 0.29) is 0 Å². The van der Waals surface area contributed by atoms with Crippen LogP contribution in [0.4, 0.5) is 57.5 Å². The number of ether oxygens (including phenoxy) is 1. The third-order valence-corrected chi connectivity index (χ3v) is 2.37. The van der Waals surface area contributed by atoms with Crippen molar-refractivity contribution < 1.29 is 62.2 Å². The van der Waals surface area contributed by atoms with E-state index in [1.807, 2.05) is 0 Å². The first-order valence-electron chi connectivity index (χ1n) is 4.88. The van der Waals surface area contributed by atoms with Crippen LogP contribution in [0.15, 0.2) is 0 Å².